The Labute approximate surface area is 185 Å². The van der Waals surface area contributed by atoms with Crippen LogP contribution in [0.4, 0.5) is 0 Å². The lowest BCUT2D eigenvalue weighted by atomic mass is 10.00. The van der Waals surface area contributed by atoms with Gasteiger partial charge in [-0.2, -0.15) is 0 Å². The Bertz CT molecular complexity index is 1170. The van der Waals surface area contributed by atoms with Gasteiger partial charge in [0, 0.05) is 11.1 Å². The highest BCUT2D eigenvalue weighted by Crippen LogP contribution is 2.19. The van der Waals surface area contributed by atoms with Gasteiger partial charge in [-0.3, -0.25) is 4.98 Å². The van der Waals surface area contributed by atoms with E-state index in [0.29, 0.717) is 6.61 Å². The maximum atomic E-state index is 5.52. The van der Waals surface area contributed by atoms with E-state index >= 15 is 0 Å². The van der Waals surface area contributed by atoms with Crippen molar-refractivity contribution >= 4 is 23.1 Å². The van der Waals surface area contributed by atoms with Gasteiger partial charge in [-0.05, 0) is 80.1 Å². The van der Waals surface area contributed by atoms with Crippen molar-refractivity contribution < 1.29 is 4.74 Å². The number of hydrogen-bond acceptors (Lipinski definition) is 2. The van der Waals surface area contributed by atoms with Gasteiger partial charge in [-0.1, -0.05) is 66.2 Å². The highest BCUT2D eigenvalue weighted by molar-refractivity contribution is 5.79. The molecule has 0 saturated carbocycles. The summed E-state index contributed by atoms with van der Waals surface area (Å²) in [6.07, 6.45) is 7.49. The van der Waals surface area contributed by atoms with Crippen LogP contribution in [0, 0.1) is 6.92 Å². The molecular formula is C29H29NO. The Morgan fingerprint density at radius 2 is 1.68 bits per heavy atom. The van der Waals surface area contributed by atoms with Crippen molar-refractivity contribution in [2.24, 2.45) is 0 Å². The van der Waals surface area contributed by atoms with Gasteiger partial charge < -0.3 is 4.74 Å². The van der Waals surface area contributed by atoms with Crippen LogP contribution in [0.2, 0.25) is 0 Å². The summed E-state index contributed by atoms with van der Waals surface area (Å²) in [6, 6.07) is 27.7. The molecule has 4 rings (SSSR count). The Hall–Kier alpha value is -3.39. The molecule has 2 heteroatoms. The van der Waals surface area contributed by atoms with Crippen molar-refractivity contribution in [2.75, 3.05) is 6.61 Å². The Kier molecular flexibility index (Phi) is 6.78. The predicted molar refractivity (Wildman–Crippen MR) is 131 cm³/mol. The number of ether oxygens (including phenoxy) is 1. The van der Waals surface area contributed by atoms with Crippen LogP contribution in [0.3, 0.4) is 0 Å². The van der Waals surface area contributed by atoms with Crippen molar-refractivity contribution in [3.8, 4) is 5.75 Å². The maximum absolute atomic E-state index is 5.52. The third-order valence-electron chi connectivity index (χ3n) is 5.48. The molecule has 0 unspecified atom stereocenters. The van der Waals surface area contributed by atoms with E-state index < -0.39 is 0 Å². The van der Waals surface area contributed by atoms with Crippen molar-refractivity contribution in [3.63, 3.8) is 0 Å². The first kappa shape index (κ1) is 20.9. The van der Waals surface area contributed by atoms with E-state index in [4.69, 9.17) is 9.72 Å². The van der Waals surface area contributed by atoms with Gasteiger partial charge in [0.25, 0.3) is 0 Å². The number of fused-ring (bicyclic) bond motifs is 1. The molecule has 1 heterocycles. The summed E-state index contributed by atoms with van der Waals surface area (Å²) in [5.74, 6) is 0.914. The summed E-state index contributed by atoms with van der Waals surface area (Å²) >= 11 is 0. The minimum absolute atomic E-state index is 0.691. The lowest BCUT2D eigenvalue weighted by molar-refractivity contribution is 0.340. The second-order valence-electron chi connectivity index (χ2n) is 7.89. The second kappa shape index (κ2) is 10.1. The summed E-state index contributed by atoms with van der Waals surface area (Å²) in [5.41, 5.74) is 7.35. The minimum Gasteiger partial charge on any atom is -0.494 e. The fourth-order valence-corrected chi connectivity index (χ4v) is 3.84. The molecule has 3 aromatic carbocycles. The molecule has 156 valence electrons. The van der Waals surface area contributed by atoms with Gasteiger partial charge in [-0.25, -0.2) is 0 Å². The van der Waals surface area contributed by atoms with E-state index in [2.05, 4.69) is 85.8 Å². The highest BCUT2D eigenvalue weighted by Gasteiger charge is 2.03. The van der Waals surface area contributed by atoms with Crippen LogP contribution in [-0.2, 0) is 12.8 Å². The van der Waals surface area contributed by atoms with Crippen LogP contribution in [-0.4, -0.2) is 11.6 Å². The zero-order chi connectivity index (χ0) is 21.5. The number of hydrogen-bond donors (Lipinski definition) is 0. The zero-order valence-corrected chi connectivity index (χ0v) is 18.3. The molecule has 0 atom stereocenters. The molecule has 0 saturated heterocycles. The molecule has 1 aromatic heterocycles. The van der Waals surface area contributed by atoms with Crippen molar-refractivity contribution in [1.29, 1.82) is 0 Å². The van der Waals surface area contributed by atoms with Gasteiger partial charge in [0.2, 0.25) is 0 Å². The van der Waals surface area contributed by atoms with Crippen LogP contribution in [0.15, 0.2) is 78.9 Å². The third kappa shape index (κ3) is 5.61. The number of rotatable bonds is 8. The highest BCUT2D eigenvalue weighted by atomic mass is 16.5. The van der Waals surface area contributed by atoms with Crippen molar-refractivity contribution in [1.82, 2.24) is 4.98 Å². The maximum Gasteiger partial charge on any atom is 0.119 e. The molecule has 0 aliphatic heterocycles. The van der Waals surface area contributed by atoms with E-state index in [0.717, 1.165) is 30.5 Å². The largest absolute Gasteiger partial charge is 0.494 e. The topological polar surface area (TPSA) is 22.1 Å². The molecule has 0 fully saturated rings. The van der Waals surface area contributed by atoms with Gasteiger partial charge in [0.15, 0.2) is 0 Å². The molecule has 31 heavy (non-hydrogen) atoms. The van der Waals surface area contributed by atoms with Crippen molar-refractivity contribution in [2.45, 2.75) is 33.1 Å². The SMILES string of the molecule is CCOc1ccc(C=Cc2ccccc2CCCc2ccc3cc(C)ccc3n2)cc1. The molecule has 0 bridgehead atoms. The third-order valence-corrected chi connectivity index (χ3v) is 5.48. The quantitative estimate of drug-likeness (QED) is 0.286. The van der Waals surface area contributed by atoms with Crippen LogP contribution in [0.1, 0.15) is 41.3 Å². The second-order valence-corrected chi connectivity index (χ2v) is 7.89. The molecule has 0 radical (unpaired) electrons. The predicted octanol–water partition coefficient (Wildman–Crippen LogP) is 7.29. The van der Waals surface area contributed by atoms with Gasteiger partial charge in [0.05, 0.1) is 12.1 Å². The summed E-state index contributed by atoms with van der Waals surface area (Å²) in [4.78, 5) is 4.84. The lowest BCUT2D eigenvalue weighted by Crippen LogP contribution is -1.95. The fourth-order valence-electron chi connectivity index (χ4n) is 3.84. The van der Waals surface area contributed by atoms with Crippen LogP contribution < -0.4 is 4.74 Å². The minimum atomic E-state index is 0.691. The first-order valence-electron chi connectivity index (χ1n) is 11.1. The molecule has 0 amide bonds. The smallest absolute Gasteiger partial charge is 0.119 e. The average Bonchev–Trinajstić information content (AvgIpc) is 2.79. The van der Waals surface area contributed by atoms with Gasteiger partial charge in [0.1, 0.15) is 5.75 Å². The molecule has 0 N–H and O–H groups in total. The van der Waals surface area contributed by atoms with Crippen LogP contribution >= 0.6 is 0 Å². The first-order chi connectivity index (χ1) is 15.2. The Morgan fingerprint density at radius 1 is 0.839 bits per heavy atom. The summed E-state index contributed by atoms with van der Waals surface area (Å²) in [7, 11) is 0. The Balaban J connectivity index is 1.40. The lowest BCUT2D eigenvalue weighted by Gasteiger charge is -2.07. The average molecular weight is 408 g/mol. The first-order valence-corrected chi connectivity index (χ1v) is 11.1. The monoisotopic (exact) mass is 407 g/mol. The molecule has 2 nitrogen and oxygen atoms in total. The summed E-state index contributed by atoms with van der Waals surface area (Å²) in [6.45, 7) is 4.81. The molecule has 4 aromatic rings. The fraction of sp³-hybridized carbons (Fsp3) is 0.207. The standard InChI is InChI=1S/C29H29NO/c1-3-31-28-18-13-23(14-19-28)12-15-25-8-5-4-7-24(25)9-6-10-27-17-16-26-21-22(2)11-20-29(26)30-27/h4-5,7-8,11-21H,3,6,9-10H2,1-2H3. The van der Waals surface area contributed by atoms with Gasteiger partial charge in [-0.15, -0.1) is 0 Å². The number of aryl methyl sites for hydroxylation is 3. The van der Waals surface area contributed by atoms with E-state index in [-0.39, 0.29) is 0 Å². The van der Waals surface area contributed by atoms with Gasteiger partial charge >= 0.3 is 0 Å². The summed E-state index contributed by atoms with van der Waals surface area (Å²) in [5, 5.41) is 1.22. The zero-order valence-electron chi connectivity index (χ0n) is 18.3. The molecule has 0 spiro atoms. The molecule has 0 aliphatic rings. The summed E-state index contributed by atoms with van der Waals surface area (Å²) < 4.78 is 5.52. The number of nitrogens with zero attached hydrogens (tertiary/aromatic N) is 1. The van der Waals surface area contributed by atoms with E-state index in [1.165, 1.54) is 33.3 Å². The Morgan fingerprint density at radius 3 is 2.52 bits per heavy atom. The number of aromatic nitrogens is 1. The van der Waals surface area contributed by atoms with E-state index in [9.17, 15) is 0 Å². The van der Waals surface area contributed by atoms with E-state index in [1.54, 1.807) is 0 Å². The molecular weight excluding hydrogens is 378 g/mol. The number of benzene rings is 3. The van der Waals surface area contributed by atoms with E-state index in [1.807, 2.05) is 19.1 Å². The normalized spacial score (nSPS) is 11.3. The molecule has 0 aliphatic carbocycles. The number of pyridine rings is 1. The van der Waals surface area contributed by atoms with Crippen LogP contribution in [0.25, 0.3) is 23.1 Å². The van der Waals surface area contributed by atoms with Crippen molar-refractivity contribution in [3.05, 3.63) is 107 Å². The van der Waals surface area contributed by atoms with Crippen LogP contribution in [0.5, 0.6) is 5.75 Å².